The van der Waals surface area contributed by atoms with Crippen molar-refractivity contribution in [1.82, 2.24) is 0 Å². The summed E-state index contributed by atoms with van der Waals surface area (Å²) in [7, 11) is 3.19. The minimum atomic E-state index is 0.198. The molecule has 0 saturated heterocycles. The van der Waals surface area contributed by atoms with Gasteiger partial charge in [-0.3, -0.25) is 0 Å². The Kier molecular flexibility index (Phi) is 10.9. The minimum Gasteiger partial charge on any atom is -0.489 e. The van der Waals surface area contributed by atoms with Gasteiger partial charge < -0.3 is 28.4 Å². The van der Waals surface area contributed by atoms with E-state index in [4.69, 9.17) is 28.4 Å². The lowest BCUT2D eigenvalue weighted by molar-refractivity contribution is 0.0510. The molecule has 0 unspecified atom stereocenters. The maximum absolute atomic E-state index is 6.20. The number of hydrogen-bond acceptors (Lipinski definition) is 6. The van der Waals surface area contributed by atoms with Crippen molar-refractivity contribution in [3.63, 3.8) is 0 Å². The number of allylic oxidation sites excluding steroid dienone is 2. The van der Waals surface area contributed by atoms with E-state index in [9.17, 15) is 0 Å². The van der Waals surface area contributed by atoms with E-state index >= 15 is 0 Å². The first-order valence-corrected chi connectivity index (χ1v) is 11.8. The molecule has 0 saturated carbocycles. The van der Waals surface area contributed by atoms with Gasteiger partial charge in [0.1, 0.15) is 36.2 Å². The van der Waals surface area contributed by atoms with Crippen LogP contribution in [-0.2, 0) is 9.47 Å². The van der Waals surface area contributed by atoms with Crippen molar-refractivity contribution >= 4 is 0 Å². The molecular weight excluding hydrogens is 456 g/mol. The van der Waals surface area contributed by atoms with Gasteiger partial charge in [-0.05, 0) is 61.4 Å². The van der Waals surface area contributed by atoms with Crippen molar-refractivity contribution in [3.05, 3.63) is 85.0 Å². The van der Waals surface area contributed by atoms with Gasteiger partial charge in [-0.15, -0.1) is 0 Å². The van der Waals surface area contributed by atoms with Gasteiger partial charge in [0.15, 0.2) is 13.6 Å². The van der Waals surface area contributed by atoms with Crippen LogP contribution in [0.5, 0.6) is 23.0 Å². The van der Waals surface area contributed by atoms with Crippen molar-refractivity contribution in [3.8, 4) is 45.3 Å². The number of rotatable bonds is 14. The molecule has 190 valence electrons. The average Bonchev–Trinajstić information content (AvgIpc) is 2.92. The van der Waals surface area contributed by atoms with Crippen molar-refractivity contribution in [2.45, 2.75) is 13.8 Å². The van der Waals surface area contributed by atoms with Crippen LogP contribution in [0.15, 0.2) is 85.0 Å². The largest absolute Gasteiger partial charge is 0.489 e. The molecule has 3 rings (SSSR count). The van der Waals surface area contributed by atoms with E-state index in [1.165, 1.54) is 0 Å². The maximum atomic E-state index is 6.20. The van der Waals surface area contributed by atoms with Gasteiger partial charge >= 0.3 is 0 Å². The molecule has 6 nitrogen and oxygen atoms in total. The predicted octanol–water partition coefficient (Wildman–Crippen LogP) is 6.90. The van der Waals surface area contributed by atoms with Gasteiger partial charge in [0.05, 0.1) is 0 Å². The van der Waals surface area contributed by atoms with Gasteiger partial charge in [0.25, 0.3) is 0 Å². The van der Waals surface area contributed by atoms with E-state index < -0.39 is 0 Å². The summed E-state index contributed by atoms with van der Waals surface area (Å²) in [5, 5.41) is 0. The van der Waals surface area contributed by atoms with Gasteiger partial charge in [-0.2, -0.15) is 0 Å². The summed E-state index contributed by atoms with van der Waals surface area (Å²) < 4.78 is 33.5. The van der Waals surface area contributed by atoms with Gasteiger partial charge in [-0.25, -0.2) is 0 Å². The maximum Gasteiger partial charge on any atom is 0.188 e. The summed E-state index contributed by atoms with van der Waals surface area (Å²) in [6.45, 7) is 5.26. The molecule has 0 aromatic heterocycles. The normalized spacial score (nSPS) is 11.2. The molecule has 36 heavy (non-hydrogen) atoms. The zero-order valence-corrected chi connectivity index (χ0v) is 21.4. The fraction of sp³-hybridized carbons (Fsp3) is 0.267. The Balaban J connectivity index is 2.05. The Labute approximate surface area is 213 Å². The second-order valence-corrected chi connectivity index (χ2v) is 7.76. The van der Waals surface area contributed by atoms with Gasteiger partial charge in [-0.1, -0.05) is 48.6 Å². The van der Waals surface area contributed by atoms with Crippen molar-refractivity contribution < 1.29 is 28.4 Å². The highest BCUT2D eigenvalue weighted by Gasteiger charge is 2.16. The topological polar surface area (TPSA) is 55.4 Å². The van der Waals surface area contributed by atoms with Crippen LogP contribution >= 0.6 is 0 Å². The Hall–Kier alpha value is -3.74. The molecular formula is C30H34O6. The van der Waals surface area contributed by atoms with Gasteiger partial charge in [0.2, 0.25) is 0 Å². The van der Waals surface area contributed by atoms with Crippen LogP contribution in [0, 0.1) is 0 Å². The lowest BCUT2D eigenvalue weighted by Gasteiger charge is -2.18. The van der Waals surface area contributed by atoms with E-state index in [0.29, 0.717) is 13.2 Å². The lowest BCUT2D eigenvalue weighted by Crippen LogP contribution is -2.01. The highest BCUT2D eigenvalue weighted by atomic mass is 16.7. The minimum absolute atomic E-state index is 0.198. The molecule has 0 bridgehead atoms. The molecule has 0 spiro atoms. The molecule has 0 atom stereocenters. The zero-order chi connectivity index (χ0) is 25.6. The van der Waals surface area contributed by atoms with Crippen molar-refractivity contribution in [1.29, 1.82) is 0 Å². The second kappa shape index (κ2) is 14.6. The third-order valence-electron chi connectivity index (χ3n) is 5.24. The summed E-state index contributed by atoms with van der Waals surface area (Å²) in [5.74, 6) is 2.97. The van der Waals surface area contributed by atoms with Gasteiger partial charge in [0, 0.05) is 25.3 Å². The summed E-state index contributed by atoms with van der Waals surface area (Å²) in [6.07, 6.45) is 7.89. The molecule has 6 heteroatoms. The quantitative estimate of drug-likeness (QED) is 0.181. The first kappa shape index (κ1) is 26.9. The Morgan fingerprint density at radius 1 is 0.556 bits per heavy atom. The molecule has 0 aliphatic heterocycles. The fourth-order valence-electron chi connectivity index (χ4n) is 3.43. The first-order valence-electron chi connectivity index (χ1n) is 11.8. The van der Waals surface area contributed by atoms with E-state index in [1.54, 1.807) is 14.2 Å². The smallest absolute Gasteiger partial charge is 0.188 e. The van der Waals surface area contributed by atoms with Crippen LogP contribution in [-0.4, -0.2) is 41.0 Å². The van der Waals surface area contributed by atoms with Crippen LogP contribution in [0.1, 0.15) is 13.8 Å². The molecule has 3 aromatic rings. The molecule has 0 amide bonds. The highest BCUT2D eigenvalue weighted by Crippen LogP contribution is 2.42. The van der Waals surface area contributed by atoms with Crippen LogP contribution in [0.3, 0.4) is 0 Å². The molecule has 0 fully saturated rings. The molecule has 3 aromatic carbocycles. The Bertz CT molecular complexity index is 1030. The number of methoxy groups -OCH3 is 2. The average molecular weight is 491 g/mol. The summed E-state index contributed by atoms with van der Waals surface area (Å²) in [6, 6.07) is 19.7. The van der Waals surface area contributed by atoms with E-state index in [2.05, 4.69) is 0 Å². The summed E-state index contributed by atoms with van der Waals surface area (Å²) in [5.41, 5.74) is 3.83. The van der Waals surface area contributed by atoms with Crippen molar-refractivity contribution in [2.24, 2.45) is 0 Å². The molecule has 0 aliphatic rings. The van der Waals surface area contributed by atoms with E-state index in [1.807, 2.05) is 98.8 Å². The monoisotopic (exact) mass is 490 g/mol. The van der Waals surface area contributed by atoms with Crippen LogP contribution in [0.25, 0.3) is 22.3 Å². The third-order valence-corrected chi connectivity index (χ3v) is 5.24. The van der Waals surface area contributed by atoms with E-state index in [0.717, 1.165) is 45.3 Å². The number of ether oxygens (including phenoxy) is 6. The Morgan fingerprint density at radius 2 is 0.944 bits per heavy atom. The third kappa shape index (κ3) is 7.63. The van der Waals surface area contributed by atoms with E-state index in [-0.39, 0.29) is 13.6 Å². The second-order valence-electron chi connectivity index (χ2n) is 7.76. The Morgan fingerprint density at radius 3 is 1.28 bits per heavy atom. The highest BCUT2D eigenvalue weighted by molar-refractivity contribution is 5.81. The fourth-order valence-corrected chi connectivity index (χ4v) is 3.43. The predicted molar refractivity (Wildman–Crippen MR) is 143 cm³/mol. The molecule has 0 N–H and O–H groups in total. The SMILES string of the molecule is C/C=C/COc1cc(-c2ccc(OCOC)cc2)c(OC/C=C/C)cc1-c1ccc(OCOC)cc1. The zero-order valence-electron chi connectivity index (χ0n) is 21.4. The standard InChI is InChI=1S/C30H34O6/c1-5-7-17-33-29-19-28(24-11-15-26(16-12-24)36-22-32-4)30(34-18-8-6-2)20-27(29)23-9-13-25(14-10-23)35-21-31-3/h5-16,19-20H,17-18,21-22H2,1-4H3/b7-5+,8-6+. The molecule has 0 heterocycles. The number of benzene rings is 3. The van der Waals surface area contributed by atoms with Crippen LogP contribution < -0.4 is 18.9 Å². The summed E-state index contributed by atoms with van der Waals surface area (Å²) >= 11 is 0. The molecule has 0 radical (unpaired) electrons. The molecule has 0 aliphatic carbocycles. The van der Waals surface area contributed by atoms with Crippen LogP contribution in [0.4, 0.5) is 0 Å². The number of hydrogen-bond donors (Lipinski definition) is 0. The summed E-state index contributed by atoms with van der Waals surface area (Å²) in [4.78, 5) is 0. The van der Waals surface area contributed by atoms with Crippen LogP contribution in [0.2, 0.25) is 0 Å². The first-order chi connectivity index (χ1) is 17.7. The van der Waals surface area contributed by atoms with Crippen molar-refractivity contribution in [2.75, 3.05) is 41.0 Å². The lowest BCUT2D eigenvalue weighted by atomic mass is 9.97.